The van der Waals surface area contributed by atoms with E-state index in [1.807, 2.05) is 13.0 Å². The Morgan fingerprint density at radius 1 is 1.50 bits per heavy atom. The number of piperidine rings is 1. The molecule has 0 radical (unpaired) electrons. The van der Waals surface area contributed by atoms with Gasteiger partial charge in [-0.15, -0.1) is 0 Å². The molecule has 1 atom stereocenters. The van der Waals surface area contributed by atoms with Gasteiger partial charge in [-0.1, -0.05) is 6.42 Å². The zero-order valence-corrected chi connectivity index (χ0v) is 12.0. The molecule has 1 aromatic rings. The molecule has 0 aliphatic carbocycles. The topological polar surface area (TPSA) is 63.2 Å². The van der Waals surface area contributed by atoms with Crippen molar-refractivity contribution >= 4 is 11.6 Å². The van der Waals surface area contributed by atoms with Gasteiger partial charge in [-0.25, -0.2) is 4.98 Å². The molecule has 5 nitrogen and oxygen atoms in total. The Balaban J connectivity index is 1.73. The van der Waals surface area contributed by atoms with Gasteiger partial charge in [0, 0.05) is 18.5 Å². The fraction of sp³-hybridized carbons (Fsp3) is 0.600. The maximum Gasteiger partial charge on any atom is 0.224 e. The number of hydrogen-bond donors (Lipinski definition) is 2. The average Bonchev–Trinajstić information content (AvgIpc) is 2.49. The molecule has 1 amide bonds. The SMILES string of the molecule is CCOc1ccc(NC(=O)CCC2CCCCN2)cn1. The quantitative estimate of drug-likeness (QED) is 0.837. The van der Waals surface area contributed by atoms with Crippen LogP contribution < -0.4 is 15.4 Å². The van der Waals surface area contributed by atoms with Gasteiger partial charge in [0.25, 0.3) is 0 Å². The van der Waals surface area contributed by atoms with Crippen LogP contribution in [-0.4, -0.2) is 30.1 Å². The van der Waals surface area contributed by atoms with Gasteiger partial charge in [0.15, 0.2) is 0 Å². The number of amides is 1. The van der Waals surface area contributed by atoms with Crippen LogP contribution in [0.15, 0.2) is 18.3 Å². The fourth-order valence-corrected chi connectivity index (χ4v) is 2.39. The molecule has 2 heterocycles. The van der Waals surface area contributed by atoms with Gasteiger partial charge in [0.2, 0.25) is 11.8 Å². The first-order chi connectivity index (χ1) is 9.78. The molecule has 0 spiro atoms. The lowest BCUT2D eigenvalue weighted by Gasteiger charge is -2.23. The first-order valence-electron chi connectivity index (χ1n) is 7.40. The van der Waals surface area contributed by atoms with Gasteiger partial charge in [-0.3, -0.25) is 4.79 Å². The molecule has 2 N–H and O–H groups in total. The van der Waals surface area contributed by atoms with Crippen LogP contribution in [0.2, 0.25) is 0 Å². The summed E-state index contributed by atoms with van der Waals surface area (Å²) in [5.74, 6) is 0.625. The van der Waals surface area contributed by atoms with Crippen LogP contribution >= 0.6 is 0 Å². The van der Waals surface area contributed by atoms with E-state index in [2.05, 4.69) is 15.6 Å². The van der Waals surface area contributed by atoms with Crippen molar-refractivity contribution in [2.75, 3.05) is 18.5 Å². The van der Waals surface area contributed by atoms with Crippen LogP contribution in [0.5, 0.6) is 5.88 Å². The Hall–Kier alpha value is -1.62. The van der Waals surface area contributed by atoms with Crippen molar-refractivity contribution in [3.8, 4) is 5.88 Å². The molecule has 1 unspecified atom stereocenters. The van der Waals surface area contributed by atoms with E-state index in [0.29, 0.717) is 24.9 Å². The lowest BCUT2D eigenvalue weighted by atomic mass is 10.0. The number of nitrogens with one attached hydrogen (secondary N) is 2. The minimum Gasteiger partial charge on any atom is -0.478 e. The predicted octanol–water partition coefficient (Wildman–Crippen LogP) is 2.34. The standard InChI is InChI=1S/C15H23N3O2/c1-2-20-15-9-7-13(11-17-15)18-14(19)8-6-12-5-3-4-10-16-12/h7,9,11-12,16H,2-6,8,10H2,1H3,(H,18,19). The molecule has 1 fully saturated rings. The highest BCUT2D eigenvalue weighted by molar-refractivity contribution is 5.90. The zero-order valence-electron chi connectivity index (χ0n) is 12.0. The minimum absolute atomic E-state index is 0.0448. The van der Waals surface area contributed by atoms with Crippen LogP contribution in [0, 0.1) is 0 Å². The molecule has 1 saturated heterocycles. The molecule has 2 rings (SSSR count). The molecular weight excluding hydrogens is 254 g/mol. The Morgan fingerprint density at radius 2 is 2.40 bits per heavy atom. The first-order valence-corrected chi connectivity index (χ1v) is 7.40. The van der Waals surface area contributed by atoms with E-state index in [-0.39, 0.29) is 5.91 Å². The molecule has 1 aliphatic heterocycles. The Kier molecular flexibility index (Phi) is 5.80. The second-order valence-corrected chi connectivity index (χ2v) is 5.05. The Labute approximate surface area is 120 Å². The van der Waals surface area contributed by atoms with E-state index in [4.69, 9.17) is 4.74 Å². The highest BCUT2D eigenvalue weighted by Crippen LogP contribution is 2.14. The molecule has 0 bridgehead atoms. The maximum absolute atomic E-state index is 11.9. The lowest BCUT2D eigenvalue weighted by molar-refractivity contribution is -0.116. The number of carbonyl (C=O) groups is 1. The summed E-state index contributed by atoms with van der Waals surface area (Å²) in [7, 11) is 0. The smallest absolute Gasteiger partial charge is 0.224 e. The van der Waals surface area contributed by atoms with Crippen LogP contribution in [0.4, 0.5) is 5.69 Å². The number of carbonyl (C=O) groups excluding carboxylic acids is 1. The summed E-state index contributed by atoms with van der Waals surface area (Å²) >= 11 is 0. The van der Waals surface area contributed by atoms with Gasteiger partial charge in [0.1, 0.15) is 0 Å². The number of nitrogens with zero attached hydrogens (tertiary/aromatic N) is 1. The largest absolute Gasteiger partial charge is 0.478 e. The van der Waals surface area contributed by atoms with Crippen LogP contribution in [-0.2, 0) is 4.79 Å². The first kappa shape index (κ1) is 14.8. The van der Waals surface area contributed by atoms with Crippen LogP contribution in [0.3, 0.4) is 0 Å². The van der Waals surface area contributed by atoms with E-state index in [1.54, 1.807) is 12.3 Å². The second kappa shape index (κ2) is 7.85. The molecule has 1 aliphatic rings. The normalized spacial score (nSPS) is 18.6. The summed E-state index contributed by atoms with van der Waals surface area (Å²) in [6.07, 6.45) is 6.77. The summed E-state index contributed by atoms with van der Waals surface area (Å²) < 4.78 is 5.26. The molecule has 1 aromatic heterocycles. The number of aromatic nitrogens is 1. The Bertz CT molecular complexity index is 414. The van der Waals surface area contributed by atoms with Crippen molar-refractivity contribution < 1.29 is 9.53 Å². The van der Waals surface area contributed by atoms with Crippen molar-refractivity contribution in [2.45, 2.75) is 45.1 Å². The summed E-state index contributed by atoms with van der Waals surface area (Å²) in [6.45, 7) is 3.58. The second-order valence-electron chi connectivity index (χ2n) is 5.05. The molecule has 20 heavy (non-hydrogen) atoms. The molecular formula is C15H23N3O2. The fourth-order valence-electron chi connectivity index (χ4n) is 2.39. The van der Waals surface area contributed by atoms with Gasteiger partial charge in [-0.2, -0.15) is 0 Å². The lowest BCUT2D eigenvalue weighted by Crippen LogP contribution is -2.34. The van der Waals surface area contributed by atoms with E-state index in [0.717, 1.165) is 18.7 Å². The van der Waals surface area contributed by atoms with Gasteiger partial charge < -0.3 is 15.4 Å². The third kappa shape index (κ3) is 4.81. The van der Waals surface area contributed by atoms with Crippen LogP contribution in [0.25, 0.3) is 0 Å². The zero-order chi connectivity index (χ0) is 14.2. The predicted molar refractivity (Wildman–Crippen MR) is 78.9 cm³/mol. The summed E-state index contributed by atoms with van der Waals surface area (Å²) in [6, 6.07) is 4.07. The highest BCUT2D eigenvalue weighted by atomic mass is 16.5. The van der Waals surface area contributed by atoms with Crippen molar-refractivity contribution in [1.82, 2.24) is 10.3 Å². The number of pyridine rings is 1. The van der Waals surface area contributed by atoms with Gasteiger partial charge in [0.05, 0.1) is 18.5 Å². The summed E-state index contributed by atoms with van der Waals surface area (Å²) in [4.78, 5) is 16.0. The maximum atomic E-state index is 11.9. The van der Waals surface area contributed by atoms with E-state index in [1.165, 1.54) is 19.3 Å². The number of hydrogen-bond acceptors (Lipinski definition) is 4. The van der Waals surface area contributed by atoms with Crippen molar-refractivity contribution in [2.24, 2.45) is 0 Å². The average molecular weight is 277 g/mol. The van der Waals surface area contributed by atoms with Crippen LogP contribution in [0.1, 0.15) is 39.0 Å². The minimum atomic E-state index is 0.0448. The van der Waals surface area contributed by atoms with Gasteiger partial charge >= 0.3 is 0 Å². The molecule has 0 aromatic carbocycles. The summed E-state index contributed by atoms with van der Waals surface area (Å²) in [5.41, 5.74) is 0.718. The monoisotopic (exact) mass is 277 g/mol. The van der Waals surface area contributed by atoms with Crippen molar-refractivity contribution in [3.63, 3.8) is 0 Å². The van der Waals surface area contributed by atoms with E-state index >= 15 is 0 Å². The number of anilines is 1. The third-order valence-electron chi connectivity index (χ3n) is 3.44. The Morgan fingerprint density at radius 3 is 3.05 bits per heavy atom. The summed E-state index contributed by atoms with van der Waals surface area (Å²) in [5, 5.41) is 6.32. The van der Waals surface area contributed by atoms with E-state index in [9.17, 15) is 4.79 Å². The van der Waals surface area contributed by atoms with Crippen molar-refractivity contribution in [1.29, 1.82) is 0 Å². The highest BCUT2D eigenvalue weighted by Gasteiger charge is 2.14. The molecule has 110 valence electrons. The number of rotatable bonds is 6. The number of ether oxygens (including phenoxy) is 1. The van der Waals surface area contributed by atoms with E-state index < -0.39 is 0 Å². The molecule has 5 heteroatoms. The van der Waals surface area contributed by atoms with Crippen molar-refractivity contribution in [3.05, 3.63) is 18.3 Å². The van der Waals surface area contributed by atoms with Gasteiger partial charge in [-0.05, 0) is 38.8 Å². The third-order valence-corrected chi connectivity index (χ3v) is 3.44. The molecule has 0 saturated carbocycles.